The molecular formula is C34H36ClF2N7O3. The van der Waals surface area contributed by atoms with Gasteiger partial charge in [-0.25, -0.2) is 8.78 Å². The van der Waals surface area contributed by atoms with Crippen LogP contribution in [0.3, 0.4) is 0 Å². The van der Waals surface area contributed by atoms with Crippen LogP contribution in [-0.4, -0.2) is 96.3 Å². The van der Waals surface area contributed by atoms with Gasteiger partial charge in [0.15, 0.2) is 5.83 Å². The van der Waals surface area contributed by atoms with Gasteiger partial charge < -0.3 is 24.2 Å². The Kier molecular flexibility index (Phi) is 8.87. The highest BCUT2D eigenvalue weighted by Gasteiger charge is 2.38. The Labute approximate surface area is 277 Å². The fourth-order valence-corrected chi connectivity index (χ4v) is 7.68. The van der Waals surface area contributed by atoms with Gasteiger partial charge in [0.2, 0.25) is 0 Å². The predicted molar refractivity (Wildman–Crippen MR) is 174 cm³/mol. The van der Waals surface area contributed by atoms with Gasteiger partial charge >= 0.3 is 6.01 Å². The summed E-state index contributed by atoms with van der Waals surface area (Å²) in [7, 11) is 0. The van der Waals surface area contributed by atoms with Crippen molar-refractivity contribution in [2.24, 2.45) is 0 Å². The first kappa shape index (κ1) is 31.5. The largest absolute Gasteiger partial charge is 0.463 e. The number of hydrogen-bond donors (Lipinski definition) is 0. The Hall–Kier alpha value is -4.05. The lowest BCUT2D eigenvalue weighted by Crippen LogP contribution is -2.55. The highest BCUT2D eigenvalue weighted by Crippen LogP contribution is 2.38. The number of rotatable bonds is 9. The van der Waals surface area contributed by atoms with Crippen molar-refractivity contribution in [3.8, 4) is 12.1 Å². The van der Waals surface area contributed by atoms with Gasteiger partial charge in [0, 0.05) is 61.9 Å². The van der Waals surface area contributed by atoms with Crippen molar-refractivity contribution in [3.63, 3.8) is 0 Å². The summed E-state index contributed by atoms with van der Waals surface area (Å²) in [5, 5.41) is 11.1. The first-order chi connectivity index (χ1) is 22.8. The topological polar surface area (TPSA) is 98.1 Å². The number of fused-ring (bicyclic) bond motifs is 4. The first-order valence-corrected chi connectivity index (χ1v) is 16.5. The van der Waals surface area contributed by atoms with Crippen LogP contribution in [0.5, 0.6) is 6.01 Å². The standard InChI is InChI=1S/C34H36ClF2N7O3/c1-21(36)33(45)44-14-13-43(17-23(44)8-10-38)32-26-9-12-42(29-5-2-4-22-6-7-27(37)31(35)30(22)29)19-28(26)39-34(40-32)46-15-3-11-41-18-25-16-24(41)20-47-25/h2,4-7,23-25H,1,3,8-9,11-20H2/t23-,24?,25?/m0/s1. The van der Waals surface area contributed by atoms with E-state index in [1.54, 1.807) is 6.07 Å². The van der Waals surface area contributed by atoms with E-state index in [-0.39, 0.29) is 24.0 Å². The Bertz CT molecular complexity index is 1750. The Morgan fingerprint density at radius 2 is 2.04 bits per heavy atom. The van der Waals surface area contributed by atoms with Crippen LogP contribution >= 0.6 is 11.6 Å². The molecule has 0 saturated carbocycles. The lowest BCUT2D eigenvalue weighted by molar-refractivity contribution is -0.131. The van der Waals surface area contributed by atoms with Crippen molar-refractivity contribution >= 4 is 39.8 Å². The van der Waals surface area contributed by atoms with E-state index < -0.39 is 23.6 Å². The van der Waals surface area contributed by atoms with Gasteiger partial charge in [-0.1, -0.05) is 36.4 Å². The van der Waals surface area contributed by atoms with Crippen LogP contribution in [0.1, 0.15) is 30.5 Å². The second-order valence-electron chi connectivity index (χ2n) is 12.6. The molecule has 5 heterocycles. The van der Waals surface area contributed by atoms with E-state index in [2.05, 4.69) is 22.4 Å². The van der Waals surface area contributed by atoms with Gasteiger partial charge in [-0.3, -0.25) is 9.69 Å². The van der Waals surface area contributed by atoms with Crippen LogP contribution in [0.25, 0.3) is 10.8 Å². The highest BCUT2D eigenvalue weighted by atomic mass is 35.5. The number of anilines is 2. The number of morpholine rings is 1. The molecule has 2 unspecified atom stereocenters. The minimum atomic E-state index is -1.04. The maximum Gasteiger partial charge on any atom is 0.318 e. The lowest BCUT2D eigenvalue weighted by Gasteiger charge is -2.42. The highest BCUT2D eigenvalue weighted by molar-refractivity contribution is 6.36. The zero-order valence-electron chi connectivity index (χ0n) is 26.0. The Balaban J connectivity index is 1.16. The molecular weight excluding hydrogens is 628 g/mol. The number of nitriles is 1. The average Bonchev–Trinajstić information content (AvgIpc) is 3.71. The van der Waals surface area contributed by atoms with Gasteiger partial charge in [0.25, 0.3) is 5.91 Å². The predicted octanol–water partition coefficient (Wildman–Crippen LogP) is 4.64. The number of aromatic nitrogens is 2. The molecule has 10 nitrogen and oxygen atoms in total. The van der Waals surface area contributed by atoms with Crippen LogP contribution in [-0.2, 0) is 22.5 Å². The third-order valence-electron chi connectivity index (χ3n) is 9.71. The van der Waals surface area contributed by atoms with Crippen molar-refractivity contribution in [2.45, 2.75) is 50.4 Å². The maximum absolute atomic E-state index is 14.6. The number of carbonyl (C=O) groups excluding carboxylic acids is 1. The fourth-order valence-electron chi connectivity index (χ4n) is 7.41. The lowest BCUT2D eigenvalue weighted by atomic mass is 10.0. The number of halogens is 3. The van der Waals surface area contributed by atoms with E-state index in [0.29, 0.717) is 62.6 Å². The smallest absolute Gasteiger partial charge is 0.318 e. The van der Waals surface area contributed by atoms with E-state index >= 15 is 0 Å². The molecule has 246 valence electrons. The van der Waals surface area contributed by atoms with Crippen molar-refractivity contribution in [3.05, 3.63) is 64.8 Å². The third-order valence-corrected chi connectivity index (χ3v) is 10.1. The Morgan fingerprint density at radius 3 is 2.81 bits per heavy atom. The molecule has 1 aromatic heterocycles. The molecule has 0 aliphatic carbocycles. The summed E-state index contributed by atoms with van der Waals surface area (Å²) < 4.78 is 40.3. The molecule has 3 atom stereocenters. The van der Waals surface area contributed by atoms with Gasteiger partial charge in [-0.2, -0.15) is 15.2 Å². The summed E-state index contributed by atoms with van der Waals surface area (Å²) in [5.74, 6) is -1.62. The number of piperazine rings is 1. The number of hydrogen-bond acceptors (Lipinski definition) is 9. The molecule has 2 bridgehead atoms. The summed E-state index contributed by atoms with van der Waals surface area (Å²) in [6.07, 6.45) is 2.88. The summed E-state index contributed by atoms with van der Waals surface area (Å²) >= 11 is 6.49. The SMILES string of the molecule is C=C(F)C(=O)N1CCN(c2nc(OCCCN3CC4CC3CO4)nc3c2CCN(c2cccc4ccc(F)c(Cl)c24)C3)C[C@@H]1CC#N. The number of nitrogens with zero attached hydrogens (tertiary/aromatic N) is 7. The molecule has 0 N–H and O–H groups in total. The van der Waals surface area contributed by atoms with E-state index in [4.69, 9.17) is 31.0 Å². The van der Waals surface area contributed by atoms with Crippen LogP contribution in [0.2, 0.25) is 5.02 Å². The van der Waals surface area contributed by atoms with E-state index in [9.17, 15) is 18.8 Å². The number of carbonyl (C=O) groups is 1. The minimum Gasteiger partial charge on any atom is -0.463 e. The Morgan fingerprint density at radius 1 is 1.17 bits per heavy atom. The quantitative estimate of drug-likeness (QED) is 0.240. The molecule has 3 saturated heterocycles. The second-order valence-corrected chi connectivity index (χ2v) is 12.9. The first-order valence-electron chi connectivity index (χ1n) is 16.1. The van der Waals surface area contributed by atoms with Crippen molar-refractivity contribution < 1.29 is 23.0 Å². The summed E-state index contributed by atoms with van der Waals surface area (Å²) in [4.78, 5) is 30.3. The monoisotopic (exact) mass is 663 g/mol. The summed E-state index contributed by atoms with van der Waals surface area (Å²) in [5.41, 5.74) is 2.55. The van der Waals surface area contributed by atoms with Gasteiger partial charge in [0.05, 0.1) is 55.1 Å². The van der Waals surface area contributed by atoms with Crippen LogP contribution in [0.15, 0.2) is 42.7 Å². The summed E-state index contributed by atoms with van der Waals surface area (Å²) in [6.45, 7) is 8.20. The zero-order chi connectivity index (χ0) is 32.7. The molecule has 4 aliphatic heterocycles. The molecule has 2 aromatic carbocycles. The van der Waals surface area contributed by atoms with E-state index in [1.807, 2.05) is 23.1 Å². The number of amides is 1. The number of benzene rings is 2. The molecule has 13 heteroatoms. The molecule has 3 fully saturated rings. The summed E-state index contributed by atoms with van der Waals surface area (Å²) in [6, 6.07) is 11.2. The third kappa shape index (κ3) is 6.20. The minimum absolute atomic E-state index is 0.0434. The van der Waals surface area contributed by atoms with Gasteiger partial charge in [0.1, 0.15) is 11.6 Å². The molecule has 7 rings (SSSR count). The fraction of sp³-hybridized carbons (Fsp3) is 0.471. The van der Waals surface area contributed by atoms with Crippen molar-refractivity contribution in [1.29, 1.82) is 5.26 Å². The maximum atomic E-state index is 14.6. The van der Waals surface area contributed by atoms with Crippen molar-refractivity contribution in [2.75, 3.05) is 62.3 Å². The van der Waals surface area contributed by atoms with Gasteiger partial charge in [-0.15, -0.1) is 0 Å². The second kappa shape index (κ2) is 13.2. The number of likely N-dealkylation sites (tertiary alicyclic amines) is 1. The molecule has 4 aliphatic rings. The molecule has 1 amide bonds. The van der Waals surface area contributed by atoms with Crippen molar-refractivity contribution in [1.82, 2.24) is 19.8 Å². The van der Waals surface area contributed by atoms with Crippen LogP contribution in [0.4, 0.5) is 20.3 Å². The van der Waals surface area contributed by atoms with E-state index in [0.717, 1.165) is 54.9 Å². The molecule has 0 radical (unpaired) electrons. The van der Waals surface area contributed by atoms with Gasteiger partial charge in [-0.05, 0) is 36.8 Å². The van der Waals surface area contributed by atoms with Crippen LogP contribution < -0.4 is 14.5 Å². The zero-order valence-corrected chi connectivity index (χ0v) is 26.8. The number of ether oxygens (including phenoxy) is 2. The average molecular weight is 664 g/mol. The molecule has 0 spiro atoms. The molecule has 3 aromatic rings. The van der Waals surface area contributed by atoms with E-state index in [1.165, 1.54) is 11.0 Å². The molecule has 47 heavy (non-hydrogen) atoms. The normalized spacial score (nSPS) is 22.4. The van der Waals surface area contributed by atoms with Crippen LogP contribution in [0, 0.1) is 17.1 Å².